The van der Waals surface area contributed by atoms with Crippen LogP contribution in [0.3, 0.4) is 0 Å². The Labute approximate surface area is 125 Å². The van der Waals surface area contributed by atoms with Crippen LogP contribution in [0.5, 0.6) is 0 Å². The van der Waals surface area contributed by atoms with E-state index in [0.717, 1.165) is 6.26 Å². The summed E-state index contributed by atoms with van der Waals surface area (Å²) in [5.41, 5.74) is 5.60. The summed E-state index contributed by atoms with van der Waals surface area (Å²) in [5.74, 6) is 0.335. The SMILES string of the molecule is CS(=O)(=O)c1ccccc1S(=O)(=O)N1CCC(CN)CC1. The molecular weight excluding hydrogens is 312 g/mol. The monoisotopic (exact) mass is 332 g/mol. The number of sulfonamides is 1. The summed E-state index contributed by atoms with van der Waals surface area (Å²) in [6, 6.07) is 5.74. The van der Waals surface area contributed by atoms with Gasteiger partial charge in [-0.1, -0.05) is 12.1 Å². The van der Waals surface area contributed by atoms with Crippen LogP contribution in [0.1, 0.15) is 12.8 Å². The molecule has 0 atom stereocenters. The van der Waals surface area contributed by atoms with Gasteiger partial charge in [-0.15, -0.1) is 0 Å². The lowest BCUT2D eigenvalue weighted by Gasteiger charge is -2.30. The van der Waals surface area contributed by atoms with Crippen LogP contribution in [0.15, 0.2) is 34.1 Å². The molecule has 2 rings (SSSR count). The second-order valence-electron chi connectivity index (χ2n) is 5.30. The van der Waals surface area contributed by atoms with Crippen LogP contribution >= 0.6 is 0 Å². The highest BCUT2D eigenvalue weighted by atomic mass is 32.2. The number of hydrogen-bond acceptors (Lipinski definition) is 5. The van der Waals surface area contributed by atoms with Crippen molar-refractivity contribution in [3.63, 3.8) is 0 Å². The van der Waals surface area contributed by atoms with Gasteiger partial charge in [0.15, 0.2) is 9.84 Å². The molecule has 1 aliphatic rings. The van der Waals surface area contributed by atoms with Gasteiger partial charge in [0.2, 0.25) is 10.0 Å². The molecule has 0 saturated carbocycles. The molecule has 0 bridgehead atoms. The number of hydrogen-bond donors (Lipinski definition) is 1. The smallest absolute Gasteiger partial charge is 0.244 e. The number of rotatable bonds is 4. The minimum atomic E-state index is -3.79. The molecule has 1 aromatic rings. The lowest BCUT2D eigenvalue weighted by Crippen LogP contribution is -2.40. The molecule has 0 radical (unpaired) electrons. The van der Waals surface area contributed by atoms with Gasteiger partial charge in [-0.05, 0) is 37.4 Å². The third-order valence-electron chi connectivity index (χ3n) is 3.77. The fraction of sp³-hybridized carbons (Fsp3) is 0.538. The maximum atomic E-state index is 12.7. The molecule has 0 aromatic heterocycles. The second kappa shape index (κ2) is 6.04. The van der Waals surface area contributed by atoms with E-state index in [-0.39, 0.29) is 9.79 Å². The van der Waals surface area contributed by atoms with E-state index in [2.05, 4.69) is 0 Å². The highest BCUT2D eigenvalue weighted by molar-refractivity contribution is 7.93. The van der Waals surface area contributed by atoms with Crippen molar-refractivity contribution in [1.82, 2.24) is 4.31 Å². The van der Waals surface area contributed by atoms with E-state index in [1.165, 1.54) is 28.6 Å². The molecule has 1 fully saturated rings. The Morgan fingerprint density at radius 2 is 1.62 bits per heavy atom. The van der Waals surface area contributed by atoms with E-state index in [0.29, 0.717) is 38.4 Å². The Bertz CT molecular complexity index is 705. The summed E-state index contributed by atoms with van der Waals surface area (Å²) in [6.07, 6.45) is 2.43. The van der Waals surface area contributed by atoms with Crippen LogP contribution in [0.4, 0.5) is 0 Å². The first-order valence-electron chi connectivity index (χ1n) is 6.76. The first-order valence-corrected chi connectivity index (χ1v) is 10.1. The zero-order valence-electron chi connectivity index (χ0n) is 11.9. The maximum absolute atomic E-state index is 12.7. The quantitative estimate of drug-likeness (QED) is 0.863. The molecule has 1 heterocycles. The Balaban J connectivity index is 2.38. The van der Waals surface area contributed by atoms with Gasteiger partial charge in [0, 0.05) is 19.3 Å². The standard InChI is InChI=1S/C13H20N2O4S2/c1-20(16,17)12-4-2-3-5-13(12)21(18,19)15-8-6-11(10-14)7-9-15/h2-5,11H,6-10,14H2,1H3. The molecule has 6 nitrogen and oxygen atoms in total. The highest BCUT2D eigenvalue weighted by Gasteiger charge is 2.32. The van der Waals surface area contributed by atoms with Crippen LogP contribution in [0.2, 0.25) is 0 Å². The summed E-state index contributed by atoms with van der Waals surface area (Å²) < 4.78 is 50.3. The third kappa shape index (κ3) is 3.45. The van der Waals surface area contributed by atoms with E-state index in [1.54, 1.807) is 0 Å². The van der Waals surface area contributed by atoms with Crippen LogP contribution in [-0.2, 0) is 19.9 Å². The molecule has 0 amide bonds. The van der Waals surface area contributed by atoms with Crippen molar-refractivity contribution < 1.29 is 16.8 Å². The predicted molar refractivity (Wildman–Crippen MR) is 80.1 cm³/mol. The fourth-order valence-corrected chi connectivity index (χ4v) is 5.57. The van der Waals surface area contributed by atoms with Gasteiger partial charge in [-0.3, -0.25) is 0 Å². The van der Waals surface area contributed by atoms with E-state index >= 15 is 0 Å². The van der Waals surface area contributed by atoms with E-state index < -0.39 is 19.9 Å². The van der Waals surface area contributed by atoms with Crippen LogP contribution in [-0.4, -0.2) is 47.0 Å². The Kier molecular flexibility index (Phi) is 4.72. The molecule has 1 saturated heterocycles. The largest absolute Gasteiger partial charge is 0.330 e. The number of nitrogens with two attached hydrogens (primary N) is 1. The van der Waals surface area contributed by atoms with Crippen molar-refractivity contribution in [3.8, 4) is 0 Å². The van der Waals surface area contributed by atoms with E-state index in [9.17, 15) is 16.8 Å². The van der Waals surface area contributed by atoms with Gasteiger partial charge in [0.25, 0.3) is 0 Å². The van der Waals surface area contributed by atoms with Crippen molar-refractivity contribution in [1.29, 1.82) is 0 Å². The van der Waals surface area contributed by atoms with Crippen molar-refractivity contribution in [2.75, 3.05) is 25.9 Å². The molecule has 8 heteroatoms. The number of piperidine rings is 1. The average Bonchev–Trinajstić information content (AvgIpc) is 2.46. The topological polar surface area (TPSA) is 97.5 Å². The number of sulfone groups is 1. The van der Waals surface area contributed by atoms with Crippen LogP contribution in [0.25, 0.3) is 0 Å². The molecule has 0 spiro atoms. The summed E-state index contributed by atoms with van der Waals surface area (Å²) in [7, 11) is -7.39. The maximum Gasteiger partial charge on any atom is 0.244 e. The fourth-order valence-electron chi connectivity index (χ4n) is 2.49. The van der Waals surface area contributed by atoms with Gasteiger partial charge in [0.1, 0.15) is 4.90 Å². The summed E-state index contributed by atoms with van der Waals surface area (Å²) >= 11 is 0. The first kappa shape index (κ1) is 16.4. The Morgan fingerprint density at radius 3 is 2.10 bits per heavy atom. The van der Waals surface area contributed by atoms with Gasteiger partial charge < -0.3 is 5.73 Å². The normalized spacial score (nSPS) is 18.8. The van der Waals surface area contributed by atoms with Gasteiger partial charge >= 0.3 is 0 Å². The predicted octanol–water partition coefficient (Wildman–Crippen LogP) is 0.450. The van der Waals surface area contributed by atoms with Gasteiger partial charge in [-0.2, -0.15) is 4.31 Å². The van der Waals surface area contributed by atoms with E-state index in [4.69, 9.17) is 5.73 Å². The molecular formula is C13H20N2O4S2. The average molecular weight is 332 g/mol. The molecule has 0 aliphatic carbocycles. The van der Waals surface area contributed by atoms with Crippen LogP contribution < -0.4 is 5.73 Å². The highest BCUT2D eigenvalue weighted by Crippen LogP contribution is 2.27. The van der Waals surface area contributed by atoms with Crippen molar-refractivity contribution in [2.24, 2.45) is 11.7 Å². The van der Waals surface area contributed by atoms with Crippen LogP contribution in [0, 0.1) is 5.92 Å². The minimum Gasteiger partial charge on any atom is -0.330 e. The number of benzene rings is 1. The first-order chi connectivity index (χ1) is 9.76. The molecule has 118 valence electrons. The van der Waals surface area contributed by atoms with Gasteiger partial charge in [0.05, 0.1) is 4.90 Å². The van der Waals surface area contributed by atoms with Crippen molar-refractivity contribution >= 4 is 19.9 Å². The lowest BCUT2D eigenvalue weighted by atomic mass is 9.99. The minimum absolute atomic E-state index is 0.140. The lowest BCUT2D eigenvalue weighted by molar-refractivity contribution is 0.278. The zero-order valence-corrected chi connectivity index (χ0v) is 13.5. The number of nitrogens with zero attached hydrogens (tertiary/aromatic N) is 1. The second-order valence-corrected chi connectivity index (χ2v) is 9.19. The zero-order chi connectivity index (χ0) is 15.7. The molecule has 0 unspecified atom stereocenters. The molecule has 1 aromatic carbocycles. The molecule has 2 N–H and O–H groups in total. The Hall–Kier alpha value is -0.960. The molecule has 21 heavy (non-hydrogen) atoms. The van der Waals surface area contributed by atoms with Crippen molar-refractivity contribution in [3.05, 3.63) is 24.3 Å². The Morgan fingerprint density at radius 1 is 1.10 bits per heavy atom. The molecule has 1 aliphatic heterocycles. The summed E-state index contributed by atoms with van der Waals surface area (Å²) in [4.78, 5) is -0.287. The van der Waals surface area contributed by atoms with E-state index in [1.807, 2.05) is 0 Å². The van der Waals surface area contributed by atoms with Crippen molar-refractivity contribution in [2.45, 2.75) is 22.6 Å². The third-order valence-corrected chi connectivity index (χ3v) is 7.01. The van der Waals surface area contributed by atoms with Gasteiger partial charge in [-0.25, -0.2) is 16.8 Å². The summed E-state index contributed by atoms with van der Waals surface area (Å²) in [5, 5.41) is 0. The summed E-state index contributed by atoms with van der Waals surface area (Å²) in [6.45, 7) is 1.30.